The Morgan fingerprint density at radius 2 is 1.79 bits per heavy atom. The van der Waals surface area contributed by atoms with E-state index in [-0.39, 0.29) is 5.91 Å². The summed E-state index contributed by atoms with van der Waals surface area (Å²) >= 11 is 0. The van der Waals surface area contributed by atoms with Gasteiger partial charge >= 0.3 is 0 Å². The minimum atomic E-state index is -0.00714. The summed E-state index contributed by atoms with van der Waals surface area (Å²) < 4.78 is 2.32. The third-order valence-electron chi connectivity index (χ3n) is 5.66. The summed E-state index contributed by atoms with van der Waals surface area (Å²) in [4.78, 5) is 17.2. The van der Waals surface area contributed by atoms with Crippen molar-refractivity contribution in [1.29, 1.82) is 0 Å². The molecule has 4 heteroatoms. The number of carbonyl (C=O) groups is 1. The number of anilines is 1. The number of imidazole rings is 1. The van der Waals surface area contributed by atoms with E-state index in [1.165, 1.54) is 18.5 Å². The predicted octanol–water partition coefficient (Wildman–Crippen LogP) is 5.22. The Bertz CT molecular complexity index is 1170. The highest BCUT2D eigenvalue weighted by Crippen LogP contribution is 2.26. The third-order valence-corrected chi connectivity index (χ3v) is 5.66. The SMILES string of the molecule is O=C(Cc1cccc2ccccc12)Nc1ccc(-c2ncc3n2CCCC3)cc1. The molecule has 0 radical (unpaired) electrons. The van der Waals surface area contributed by atoms with Crippen molar-refractivity contribution in [3.05, 3.63) is 84.2 Å². The fourth-order valence-corrected chi connectivity index (χ4v) is 4.19. The molecule has 3 aromatic carbocycles. The van der Waals surface area contributed by atoms with E-state index in [4.69, 9.17) is 0 Å². The molecule has 0 spiro atoms. The van der Waals surface area contributed by atoms with E-state index in [1.54, 1.807) is 0 Å². The lowest BCUT2D eigenvalue weighted by molar-refractivity contribution is -0.115. The standard InChI is InChI=1S/C25H23N3O/c29-24(16-20-8-5-7-18-6-1-2-10-23(18)20)27-21-13-11-19(12-14-21)25-26-17-22-9-3-4-15-28(22)25/h1-2,5-8,10-14,17H,3-4,9,15-16H2,(H,27,29). The normalized spacial score (nSPS) is 13.2. The molecule has 0 saturated heterocycles. The molecule has 1 aromatic heterocycles. The fraction of sp³-hybridized carbons (Fsp3) is 0.200. The first-order valence-corrected chi connectivity index (χ1v) is 10.2. The summed E-state index contributed by atoms with van der Waals surface area (Å²) in [6, 6.07) is 22.3. The van der Waals surface area contributed by atoms with Gasteiger partial charge in [-0.1, -0.05) is 42.5 Å². The van der Waals surface area contributed by atoms with Crippen LogP contribution in [-0.2, 0) is 24.2 Å². The second-order valence-corrected chi connectivity index (χ2v) is 7.62. The number of hydrogen-bond donors (Lipinski definition) is 1. The van der Waals surface area contributed by atoms with Gasteiger partial charge in [-0.25, -0.2) is 4.98 Å². The van der Waals surface area contributed by atoms with E-state index >= 15 is 0 Å². The van der Waals surface area contributed by atoms with Gasteiger partial charge in [0, 0.05) is 29.7 Å². The Hall–Kier alpha value is -3.40. The zero-order chi connectivity index (χ0) is 19.6. The summed E-state index contributed by atoms with van der Waals surface area (Å²) in [5.74, 6) is 1.01. The number of aromatic nitrogens is 2. The highest BCUT2D eigenvalue weighted by atomic mass is 16.1. The molecule has 1 amide bonds. The molecule has 4 aromatic rings. The first kappa shape index (κ1) is 17.7. The van der Waals surface area contributed by atoms with Crippen LogP contribution in [0.4, 0.5) is 5.69 Å². The van der Waals surface area contributed by atoms with Crippen molar-refractivity contribution in [2.24, 2.45) is 0 Å². The maximum absolute atomic E-state index is 12.6. The molecule has 1 aliphatic rings. The number of rotatable bonds is 4. The van der Waals surface area contributed by atoms with Gasteiger partial charge in [-0.3, -0.25) is 4.79 Å². The van der Waals surface area contributed by atoms with E-state index < -0.39 is 0 Å². The van der Waals surface area contributed by atoms with Crippen molar-refractivity contribution in [3.8, 4) is 11.4 Å². The van der Waals surface area contributed by atoms with Gasteiger partial charge in [0.05, 0.1) is 6.42 Å². The van der Waals surface area contributed by atoms with Gasteiger partial charge in [0.25, 0.3) is 0 Å². The predicted molar refractivity (Wildman–Crippen MR) is 117 cm³/mol. The molecule has 1 N–H and O–H groups in total. The zero-order valence-electron chi connectivity index (χ0n) is 16.3. The van der Waals surface area contributed by atoms with Crippen LogP contribution in [0.1, 0.15) is 24.1 Å². The average molecular weight is 381 g/mol. The number of nitrogens with zero attached hydrogens (tertiary/aromatic N) is 2. The molecule has 5 rings (SSSR count). The number of fused-ring (bicyclic) bond motifs is 2. The zero-order valence-corrected chi connectivity index (χ0v) is 16.3. The molecule has 1 aliphatic heterocycles. The van der Waals surface area contributed by atoms with Gasteiger partial charge in [-0.2, -0.15) is 0 Å². The lowest BCUT2D eigenvalue weighted by atomic mass is 10.0. The lowest BCUT2D eigenvalue weighted by Gasteiger charge is -2.16. The van der Waals surface area contributed by atoms with Crippen LogP contribution in [0.15, 0.2) is 72.9 Å². The van der Waals surface area contributed by atoms with Crippen LogP contribution in [0.5, 0.6) is 0 Å². The van der Waals surface area contributed by atoms with Crippen molar-refractivity contribution in [2.45, 2.75) is 32.2 Å². The maximum Gasteiger partial charge on any atom is 0.228 e. The molecular formula is C25H23N3O. The minimum absolute atomic E-state index is 0.00714. The first-order valence-electron chi connectivity index (χ1n) is 10.2. The van der Waals surface area contributed by atoms with Gasteiger partial charge < -0.3 is 9.88 Å². The third kappa shape index (κ3) is 3.54. The van der Waals surface area contributed by atoms with Crippen LogP contribution in [0.25, 0.3) is 22.2 Å². The summed E-state index contributed by atoms with van der Waals surface area (Å²) in [6.45, 7) is 1.04. The highest BCUT2D eigenvalue weighted by Gasteiger charge is 2.15. The molecule has 4 nitrogen and oxygen atoms in total. The number of hydrogen-bond acceptors (Lipinski definition) is 2. The number of carbonyl (C=O) groups excluding carboxylic acids is 1. The van der Waals surface area contributed by atoms with Crippen molar-refractivity contribution in [1.82, 2.24) is 9.55 Å². The number of amides is 1. The Kier molecular flexibility index (Phi) is 4.60. The Balaban J connectivity index is 1.31. The molecule has 2 heterocycles. The highest BCUT2D eigenvalue weighted by molar-refractivity contribution is 5.96. The largest absolute Gasteiger partial charge is 0.328 e. The average Bonchev–Trinajstić information content (AvgIpc) is 3.19. The molecule has 0 saturated carbocycles. The van der Waals surface area contributed by atoms with Crippen molar-refractivity contribution >= 4 is 22.4 Å². The molecule has 0 aliphatic carbocycles. The van der Waals surface area contributed by atoms with Gasteiger partial charge in [-0.05, 0) is 59.9 Å². The lowest BCUT2D eigenvalue weighted by Crippen LogP contribution is -2.14. The van der Waals surface area contributed by atoms with Crippen molar-refractivity contribution in [3.63, 3.8) is 0 Å². The molecule has 0 fully saturated rings. The van der Waals surface area contributed by atoms with Gasteiger partial charge in [0.15, 0.2) is 0 Å². The van der Waals surface area contributed by atoms with Crippen molar-refractivity contribution in [2.75, 3.05) is 5.32 Å². The smallest absolute Gasteiger partial charge is 0.228 e. The first-order chi connectivity index (χ1) is 14.3. The fourth-order valence-electron chi connectivity index (χ4n) is 4.19. The van der Waals surface area contributed by atoms with Gasteiger partial charge in [0.1, 0.15) is 5.82 Å². The van der Waals surface area contributed by atoms with E-state index in [9.17, 15) is 4.79 Å². The Labute approximate surface area is 170 Å². The molecule has 0 bridgehead atoms. The summed E-state index contributed by atoms with van der Waals surface area (Å²) in [5, 5.41) is 5.31. The van der Waals surface area contributed by atoms with E-state index in [0.717, 1.165) is 46.4 Å². The Morgan fingerprint density at radius 3 is 2.69 bits per heavy atom. The van der Waals surface area contributed by atoms with Crippen LogP contribution in [0, 0.1) is 0 Å². The van der Waals surface area contributed by atoms with Crippen molar-refractivity contribution < 1.29 is 4.79 Å². The maximum atomic E-state index is 12.6. The minimum Gasteiger partial charge on any atom is -0.328 e. The monoisotopic (exact) mass is 381 g/mol. The van der Waals surface area contributed by atoms with E-state index in [0.29, 0.717) is 6.42 Å². The molecule has 29 heavy (non-hydrogen) atoms. The molecular weight excluding hydrogens is 358 g/mol. The van der Waals surface area contributed by atoms with Crippen LogP contribution < -0.4 is 5.32 Å². The van der Waals surface area contributed by atoms with Crippen LogP contribution in [0.2, 0.25) is 0 Å². The summed E-state index contributed by atoms with van der Waals surface area (Å²) in [5.41, 5.74) is 4.26. The van der Waals surface area contributed by atoms with Gasteiger partial charge in [-0.15, -0.1) is 0 Å². The molecule has 144 valence electrons. The van der Waals surface area contributed by atoms with E-state index in [2.05, 4.69) is 33.1 Å². The van der Waals surface area contributed by atoms with E-state index in [1.807, 2.05) is 54.7 Å². The molecule has 0 atom stereocenters. The second-order valence-electron chi connectivity index (χ2n) is 7.62. The Morgan fingerprint density at radius 1 is 0.966 bits per heavy atom. The number of aryl methyl sites for hydroxylation is 1. The topological polar surface area (TPSA) is 46.9 Å². The summed E-state index contributed by atoms with van der Waals surface area (Å²) in [6.07, 6.45) is 5.91. The molecule has 0 unspecified atom stereocenters. The quantitative estimate of drug-likeness (QED) is 0.527. The summed E-state index contributed by atoms with van der Waals surface area (Å²) in [7, 11) is 0. The number of nitrogens with one attached hydrogen (secondary N) is 1. The number of benzene rings is 3. The van der Waals surface area contributed by atoms with Crippen LogP contribution in [-0.4, -0.2) is 15.5 Å². The van der Waals surface area contributed by atoms with Crippen LogP contribution in [0.3, 0.4) is 0 Å². The van der Waals surface area contributed by atoms with Gasteiger partial charge in [0.2, 0.25) is 5.91 Å². The second kappa shape index (κ2) is 7.55. The van der Waals surface area contributed by atoms with Crippen LogP contribution >= 0.6 is 0 Å².